The molecule has 6 heteroatoms. The standard InChI is InChI=1S/C13H15ClN2OS2/c1-3-8(2)15-12(17)7-18-13-16-10-6-9(14)4-5-11(10)19-13/h4-6,8H,3,7H2,1-2H3,(H,15,17)/t8-/m1/s1. The summed E-state index contributed by atoms with van der Waals surface area (Å²) < 4.78 is 1.99. The fourth-order valence-electron chi connectivity index (χ4n) is 1.49. The summed E-state index contributed by atoms with van der Waals surface area (Å²) in [7, 11) is 0. The first-order chi connectivity index (χ1) is 9.08. The van der Waals surface area contributed by atoms with Gasteiger partial charge in [-0.1, -0.05) is 30.3 Å². The van der Waals surface area contributed by atoms with Crippen LogP contribution in [-0.4, -0.2) is 22.7 Å². The molecule has 102 valence electrons. The quantitative estimate of drug-likeness (QED) is 0.849. The number of thiazole rings is 1. The molecule has 1 atom stereocenters. The average molecular weight is 315 g/mol. The Balaban J connectivity index is 1.96. The van der Waals surface area contributed by atoms with Crippen molar-refractivity contribution in [2.24, 2.45) is 0 Å². The molecule has 0 radical (unpaired) electrons. The summed E-state index contributed by atoms with van der Waals surface area (Å²) >= 11 is 8.97. The molecule has 0 fully saturated rings. The Kier molecular flexibility index (Phi) is 5.07. The summed E-state index contributed by atoms with van der Waals surface area (Å²) in [5, 5.41) is 3.62. The molecular weight excluding hydrogens is 300 g/mol. The molecule has 1 aromatic carbocycles. The van der Waals surface area contributed by atoms with Crippen molar-refractivity contribution in [3.8, 4) is 0 Å². The van der Waals surface area contributed by atoms with E-state index in [0.717, 1.165) is 21.0 Å². The second kappa shape index (κ2) is 6.59. The van der Waals surface area contributed by atoms with E-state index in [4.69, 9.17) is 11.6 Å². The Morgan fingerprint density at radius 2 is 2.37 bits per heavy atom. The first-order valence-electron chi connectivity index (χ1n) is 6.06. The maximum atomic E-state index is 11.7. The SMILES string of the molecule is CC[C@@H](C)NC(=O)CSc1nc2cc(Cl)ccc2s1. The number of hydrogen-bond acceptors (Lipinski definition) is 4. The number of nitrogens with one attached hydrogen (secondary N) is 1. The lowest BCUT2D eigenvalue weighted by Gasteiger charge is -2.10. The zero-order valence-corrected chi connectivity index (χ0v) is 13.2. The van der Waals surface area contributed by atoms with E-state index < -0.39 is 0 Å². The molecule has 0 saturated heterocycles. The third-order valence-corrected chi connectivity index (χ3v) is 5.09. The number of thioether (sulfide) groups is 1. The summed E-state index contributed by atoms with van der Waals surface area (Å²) in [4.78, 5) is 16.1. The smallest absolute Gasteiger partial charge is 0.230 e. The van der Waals surface area contributed by atoms with E-state index in [2.05, 4.69) is 17.2 Å². The van der Waals surface area contributed by atoms with Gasteiger partial charge in [-0.2, -0.15) is 0 Å². The number of aromatic nitrogens is 1. The molecule has 0 spiro atoms. The van der Waals surface area contributed by atoms with Gasteiger partial charge in [-0.3, -0.25) is 4.79 Å². The second-order valence-electron chi connectivity index (χ2n) is 4.26. The van der Waals surface area contributed by atoms with Crippen molar-refractivity contribution in [2.45, 2.75) is 30.6 Å². The van der Waals surface area contributed by atoms with Gasteiger partial charge in [0.25, 0.3) is 0 Å². The average Bonchev–Trinajstić information content (AvgIpc) is 2.78. The Bertz CT molecular complexity index is 585. The minimum Gasteiger partial charge on any atom is -0.353 e. The Morgan fingerprint density at radius 3 is 3.11 bits per heavy atom. The molecule has 1 N–H and O–H groups in total. The van der Waals surface area contributed by atoms with Gasteiger partial charge in [0.05, 0.1) is 16.0 Å². The highest BCUT2D eigenvalue weighted by Crippen LogP contribution is 2.30. The molecule has 2 aromatic rings. The van der Waals surface area contributed by atoms with Gasteiger partial charge in [0.1, 0.15) is 0 Å². The number of nitrogens with zero attached hydrogens (tertiary/aromatic N) is 1. The molecule has 0 aliphatic heterocycles. The van der Waals surface area contributed by atoms with Crippen molar-refractivity contribution in [3.05, 3.63) is 23.2 Å². The predicted octanol–water partition coefficient (Wildman–Crippen LogP) is 3.96. The summed E-state index contributed by atoms with van der Waals surface area (Å²) in [6, 6.07) is 5.88. The van der Waals surface area contributed by atoms with Crippen LogP contribution in [0.2, 0.25) is 5.02 Å². The topological polar surface area (TPSA) is 42.0 Å². The van der Waals surface area contributed by atoms with E-state index in [1.54, 1.807) is 11.3 Å². The zero-order valence-electron chi connectivity index (χ0n) is 10.8. The maximum absolute atomic E-state index is 11.7. The zero-order chi connectivity index (χ0) is 13.8. The Labute approximate surface area is 125 Å². The lowest BCUT2D eigenvalue weighted by Crippen LogP contribution is -2.33. The van der Waals surface area contributed by atoms with E-state index in [1.165, 1.54) is 11.8 Å². The lowest BCUT2D eigenvalue weighted by atomic mass is 10.3. The van der Waals surface area contributed by atoms with E-state index >= 15 is 0 Å². The van der Waals surface area contributed by atoms with Crippen molar-refractivity contribution in [1.82, 2.24) is 10.3 Å². The fourth-order valence-corrected chi connectivity index (χ4v) is 3.51. The number of amides is 1. The Morgan fingerprint density at radius 1 is 1.58 bits per heavy atom. The first-order valence-corrected chi connectivity index (χ1v) is 8.24. The molecule has 19 heavy (non-hydrogen) atoms. The highest BCUT2D eigenvalue weighted by atomic mass is 35.5. The molecule has 2 rings (SSSR count). The minimum absolute atomic E-state index is 0.0524. The van der Waals surface area contributed by atoms with Gasteiger partial charge in [0.2, 0.25) is 5.91 Å². The summed E-state index contributed by atoms with van der Waals surface area (Å²) in [6.07, 6.45) is 0.941. The third-order valence-electron chi connectivity index (χ3n) is 2.68. The van der Waals surface area contributed by atoms with Crippen LogP contribution in [0.1, 0.15) is 20.3 Å². The van der Waals surface area contributed by atoms with Crippen LogP contribution < -0.4 is 5.32 Å². The van der Waals surface area contributed by atoms with E-state index in [0.29, 0.717) is 10.8 Å². The molecule has 1 heterocycles. The van der Waals surface area contributed by atoms with Gasteiger partial charge in [0.15, 0.2) is 4.34 Å². The van der Waals surface area contributed by atoms with Crippen molar-refractivity contribution in [1.29, 1.82) is 0 Å². The number of fused-ring (bicyclic) bond motifs is 1. The highest BCUT2D eigenvalue weighted by Gasteiger charge is 2.09. The third kappa shape index (κ3) is 4.09. The summed E-state index contributed by atoms with van der Waals surface area (Å²) in [5.74, 6) is 0.453. The highest BCUT2D eigenvalue weighted by molar-refractivity contribution is 8.01. The van der Waals surface area contributed by atoms with Gasteiger partial charge in [-0.25, -0.2) is 4.98 Å². The molecule has 0 saturated carbocycles. The van der Waals surface area contributed by atoms with Crippen LogP contribution in [0.15, 0.2) is 22.5 Å². The largest absolute Gasteiger partial charge is 0.353 e. The van der Waals surface area contributed by atoms with Crippen LogP contribution in [0.4, 0.5) is 0 Å². The van der Waals surface area contributed by atoms with Crippen LogP contribution in [-0.2, 0) is 4.79 Å². The molecule has 0 bridgehead atoms. The molecule has 1 amide bonds. The minimum atomic E-state index is 0.0524. The van der Waals surface area contributed by atoms with Crippen LogP contribution >= 0.6 is 34.7 Å². The van der Waals surface area contributed by atoms with E-state index in [1.807, 2.05) is 25.1 Å². The van der Waals surface area contributed by atoms with Crippen LogP contribution in [0.5, 0.6) is 0 Å². The Hall–Kier alpha value is -0.780. The van der Waals surface area contributed by atoms with Crippen LogP contribution in [0, 0.1) is 0 Å². The number of benzene rings is 1. The molecule has 3 nitrogen and oxygen atoms in total. The monoisotopic (exact) mass is 314 g/mol. The second-order valence-corrected chi connectivity index (χ2v) is 6.95. The number of halogens is 1. The van der Waals surface area contributed by atoms with Gasteiger partial charge >= 0.3 is 0 Å². The number of rotatable bonds is 5. The van der Waals surface area contributed by atoms with Crippen LogP contribution in [0.3, 0.4) is 0 Å². The van der Waals surface area contributed by atoms with Crippen molar-refractivity contribution < 1.29 is 4.79 Å². The molecule has 0 unspecified atom stereocenters. The van der Waals surface area contributed by atoms with Gasteiger partial charge < -0.3 is 5.32 Å². The predicted molar refractivity (Wildman–Crippen MR) is 83.2 cm³/mol. The molecular formula is C13H15ClN2OS2. The fraction of sp³-hybridized carbons (Fsp3) is 0.385. The molecule has 0 aliphatic rings. The number of carbonyl (C=O) groups excluding carboxylic acids is 1. The van der Waals surface area contributed by atoms with Crippen molar-refractivity contribution in [3.63, 3.8) is 0 Å². The van der Waals surface area contributed by atoms with Crippen LogP contribution in [0.25, 0.3) is 10.2 Å². The number of hydrogen-bond donors (Lipinski definition) is 1. The van der Waals surface area contributed by atoms with E-state index in [9.17, 15) is 4.79 Å². The summed E-state index contributed by atoms with van der Waals surface area (Å²) in [5.41, 5.74) is 0.891. The molecule has 1 aromatic heterocycles. The maximum Gasteiger partial charge on any atom is 0.230 e. The molecule has 0 aliphatic carbocycles. The summed E-state index contributed by atoms with van der Waals surface area (Å²) in [6.45, 7) is 4.05. The number of carbonyl (C=O) groups is 1. The van der Waals surface area contributed by atoms with Crippen molar-refractivity contribution >= 4 is 50.8 Å². The lowest BCUT2D eigenvalue weighted by molar-refractivity contribution is -0.119. The van der Waals surface area contributed by atoms with E-state index in [-0.39, 0.29) is 11.9 Å². The van der Waals surface area contributed by atoms with Crippen molar-refractivity contribution in [2.75, 3.05) is 5.75 Å². The first kappa shape index (κ1) is 14.6. The van der Waals surface area contributed by atoms with Gasteiger partial charge in [0, 0.05) is 11.1 Å². The van der Waals surface area contributed by atoms with Gasteiger partial charge in [-0.15, -0.1) is 11.3 Å². The van der Waals surface area contributed by atoms with Gasteiger partial charge in [-0.05, 0) is 31.5 Å². The normalized spacial score (nSPS) is 12.6.